The van der Waals surface area contributed by atoms with Gasteiger partial charge in [-0.25, -0.2) is 4.79 Å². The Morgan fingerprint density at radius 3 is 1.81 bits per heavy atom. The molecule has 1 aliphatic rings. The van der Waals surface area contributed by atoms with Crippen molar-refractivity contribution in [1.29, 1.82) is 0 Å². The highest BCUT2D eigenvalue weighted by atomic mass is 16.7. The van der Waals surface area contributed by atoms with E-state index >= 15 is 0 Å². The Labute approximate surface area is 167 Å². The number of hydrogen-bond donors (Lipinski definition) is 1. The molecule has 1 fully saturated rings. The molecule has 160 valence electrons. The normalized spacial score (nSPS) is 19.1. The highest BCUT2D eigenvalue weighted by Crippen LogP contribution is 2.23. The molecule has 0 saturated heterocycles. The first kappa shape index (κ1) is 24.3. The van der Waals surface area contributed by atoms with Crippen molar-refractivity contribution >= 4 is 6.16 Å². The molecule has 2 N–H and O–H groups in total. The third kappa shape index (κ3) is 13.1. The van der Waals surface area contributed by atoms with Gasteiger partial charge in [-0.05, 0) is 31.6 Å². The third-order valence-corrected chi connectivity index (χ3v) is 5.76. The summed E-state index contributed by atoms with van der Waals surface area (Å²) in [7, 11) is 0. The molecular formula is C23H45NO3. The average molecular weight is 384 g/mol. The van der Waals surface area contributed by atoms with Crippen LogP contribution in [-0.4, -0.2) is 24.9 Å². The van der Waals surface area contributed by atoms with E-state index in [0.717, 1.165) is 12.8 Å². The lowest BCUT2D eigenvalue weighted by atomic mass is 9.90. The van der Waals surface area contributed by atoms with Gasteiger partial charge in [-0.1, -0.05) is 90.9 Å². The molecular weight excluding hydrogens is 338 g/mol. The summed E-state index contributed by atoms with van der Waals surface area (Å²) >= 11 is 0. The van der Waals surface area contributed by atoms with Gasteiger partial charge in [0.2, 0.25) is 0 Å². The van der Waals surface area contributed by atoms with Crippen LogP contribution >= 0.6 is 0 Å². The minimum atomic E-state index is -0.497. The molecule has 0 heterocycles. The van der Waals surface area contributed by atoms with Crippen molar-refractivity contribution in [2.24, 2.45) is 11.7 Å². The number of carbonyl (C=O) groups is 1. The van der Waals surface area contributed by atoms with E-state index < -0.39 is 6.16 Å². The molecule has 0 aromatic heterocycles. The quantitative estimate of drug-likeness (QED) is 0.223. The Morgan fingerprint density at radius 1 is 0.852 bits per heavy atom. The van der Waals surface area contributed by atoms with Crippen LogP contribution < -0.4 is 5.73 Å². The van der Waals surface area contributed by atoms with E-state index in [1.165, 1.54) is 89.9 Å². The second kappa shape index (κ2) is 16.2. The van der Waals surface area contributed by atoms with E-state index in [0.29, 0.717) is 12.5 Å². The van der Waals surface area contributed by atoms with Gasteiger partial charge in [-0.15, -0.1) is 0 Å². The van der Waals surface area contributed by atoms with Crippen molar-refractivity contribution in [1.82, 2.24) is 0 Å². The predicted molar refractivity (Wildman–Crippen MR) is 113 cm³/mol. The molecule has 0 aromatic rings. The first-order chi connectivity index (χ1) is 13.2. The molecule has 1 saturated carbocycles. The zero-order valence-corrected chi connectivity index (χ0v) is 18.1. The summed E-state index contributed by atoms with van der Waals surface area (Å²) in [6.07, 6.45) is 19.1. The zero-order chi connectivity index (χ0) is 19.7. The van der Waals surface area contributed by atoms with Gasteiger partial charge in [-0.3, -0.25) is 0 Å². The molecule has 0 unspecified atom stereocenters. The van der Waals surface area contributed by atoms with Crippen LogP contribution in [-0.2, 0) is 9.47 Å². The summed E-state index contributed by atoms with van der Waals surface area (Å²) < 4.78 is 10.7. The number of rotatable bonds is 17. The van der Waals surface area contributed by atoms with Crippen LogP contribution in [0.1, 0.15) is 117 Å². The van der Waals surface area contributed by atoms with Gasteiger partial charge in [-0.2, -0.15) is 0 Å². The van der Waals surface area contributed by atoms with Crippen molar-refractivity contribution in [3.8, 4) is 0 Å². The molecule has 4 heteroatoms. The highest BCUT2D eigenvalue weighted by Gasteiger charge is 2.30. The van der Waals surface area contributed by atoms with Crippen molar-refractivity contribution in [3.05, 3.63) is 0 Å². The summed E-state index contributed by atoms with van der Waals surface area (Å²) in [6, 6.07) is 0.191. The lowest BCUT2D eigenvalue weighted by Crippen LogP contribution is -2.42. The second-order valence-corrected chi connectivity index (χ2v) is 8.51. The van der Waals surface area contributed by atoms with E-state index in [1.54, 1.807) is 0 Å². The molecule has 0 atom stereocenters. The molecule has 27 heavy (non-hydrogen) atoms. The predicted octanol–water partition coefficient (Wildman–Crippen LogP) is 6.75. The van der Waals surface area contributed by atoms with Crippen molar-refractivity contribution in [3.63, 3.8) is 0 Å². The minimum absolute atomic E-state index is 0.0249. The number of carbonyl (C=O) groups excluding carboxylic acids is 1. The molecule has 1 rings (SSSR count). The Morgan fingerprint density at radius 2 is 1.33 bits per heavy atom. The smallest absolute Gasteiger partial charge is 0.434 e. The highest BCUT2D eigenvalue weighted by molar-refractivity contribution is 5.60. The molecule has 0 aromatic carbocycles. The first-order valence-electron chi connectivity index (χ1n) is 11.7. The summed E-state index contributed by atoms with van der Waals surface area (Å²) in [6.45, 7) is 5.02. The monoisotopic (exact) mass is 383 g/mol. The molecule has 0 spiro atoms. The molecule has 4 nitrogen and oxygen atoms in total. The second-order valence-electron chi connectivity index (χ2n) is 8.51. The fourth-order valence-corrected chi connectivity index (χ4v) is 3.80. The Kier molecular flexibility index (Phi) is 14.6. The lowest BCUT2D eigenvalue weighted by molar-refractivity contribution is -0.0169. The van der Waals surface area contributed by atoms with Gasteiger partial charge < -0.3 is 15.2 Å². The number of nitrogens with two attached hydrogens (primary N) is 1. The van der Waals surface area contributed by atoms with Crippen LogP contribution in [0.15, 0.2) is 0 Å². The third-order valence-electron chi connectivity index (χ3n) is 5.76. The molecule has 0 amide bonds. The van der Waals surface area contributed by atoms with Gasteiger partial charge in [0, 0.05) is 6.04 Å². The molecule has 0 aliphatic heterocycles. The van der Waals surface area contributed by atoms with E-state index in [4.69, 9.17) is 15.2 Å². The van der Waals surface area contributed by atoms with Crippen LogP contribution in [0.4, 0.5) is 4.79 Å². The van der Waals surface area contributed by atoms with E-state index in [-0.39, 0.29) is 12.1 Å². The van der Waals surface area contributed by atoms with Gasteiger partial charge in [0.25, 0.3) is 0 Å². The maximum atomic E-state index is 11.9. The van der Waals surface area contributed by atoms with Crippen molar-refractivity contribution in [2.75, 3.05) is 6.61 Å². The van der Waals surface area contributed by atoms with E-state index in [2.05, 4.69) is 13.8 Å². The maximum absolute atomic E-state index is 11.9. The summed E-state index contributed by atoms with van der Waals surface area (Å²) in [5, 5.41) is 0. The fourth-order valence-electron chi connectivity index (χ4n) is 3.80. The summed E-state index contributed by atoms with van der Waals surface area (Å²) in [5.41, 5.74) is 5.73. The molecule has 1 aliphatic carbocycles. The first-order valence-corrected chi connectivity index (χ1v) is 11.7. The van der Waals surface area contributed by atoms with E-state index in [9.17, 15) is 4.79 Å². The van der Waals surface area contributed by atoms with Crippen LogP contribution in [0, 0.1) is 5.92 Å². The molecule has 0 radical (unpaired) electrons. The number of ether oxygens (including phenoxy) is 2. The van der Waals surface area contributed by atoms with Crippen LogP contribution in [0.3, 0.4) is 0 Å². The van der Waals surface area contributed by atoms with Crippen LogP contribution in [0.5, 0.6) is 0 Å². The van der Waals surface area contributed by atoms with Crippen molar-refractivity contribution in [2.45, 2.75) is 129 Å². The number of unbranched alkanes of at least 4 members (excludes halogenated alkanes) is 10. The van der Waals surface area contributed by atoms with Crippen LogP contribution in [0.2, 0.25) is 0 Å². The Bertz CT molecular complexity index is 340. The topological polar surface area (TPSA) is 61.5 Å². The van der Waals surface area contributed by atoms with Gasteiger partial charge in [0.1, 0.15) is 6.10 Å². The zero-order valence-electron chi connectivity index (χ0n) is 18.1. The Hall–Kier alpha value is -0.770. The fraction of sp³-hybridized carbons (Fsp3) is 0.957. The van der Waals surface area contributed by atoms with Gasteiger partial charge >= 0.3 is 6.16 Å². The standard InChI is InChI=1S/C23H45NO3/c1-3-5-7-9-11-13-15-20(16-14-12-10-8-6-4-2)19-26-23(25)27-22-17-21(24)18-22/h20-22H,3-19,24H2,1-2H3. The SMILES string of the molecule is CCCCCCCCC(CCCCCCCC)COC(=O)OC1CC(N)C1. The Balaban J connectivity index is 2.18. The summed E-state index contributed by atoms with van der Waals surface area (Å²) in [5.74, 6) is 0.485. The average Bonchev–Trinajstić information content (AvgIpc) is 2.63. The van der Waals surface area contributed by atoms with Gasteiger partial charge in [0.15, 0.2) is 0 Å². The van der Waals surface area contributed by atoms with Gasteiger partial charge in [0.05, 0.1) is 6.61 Å². The largest absolute Gasteiger partial charge is 0.508 e. The maximum Gasteiger partial charge on any atom is 0.508 e. The minimum Gasteiger partial charge on any atom is -0.434 e. The van der Waals surface area contributed by atoms with Crippen molar-refractivity contribution < 1.29 is 14.3 Å². The van der Waals surface area contributed by atoms with E-state index in [1.807, 2.05) is 0 Å². The summed E-state index contributed by atoms with van der Waals surface area (Å²) in [4.78, 5) is 11.9. The lowest BCUT2D eigenvalue weighted by Gasteiger charge is -2.31. The molecule has 0 bridgehead atoms. The number of hydrogen-bond acceptors (Lipinski definition) is 4. The van der Waals surface area contributed by atoms with Crippen LogP contribution in [0.25, 0.3) is 0 Å².